The summed E-state index contributed by atoms with van der Waals surface area (Å²) in [4.78, 5) is 9.89. The predicted octanol–water partition coefficient (Wildman–Crippen LogP) is 4.19. The van der Waals surface area contributed by atoms with Gasteiger partial charge in [-0.15, -0.1) is 0 Å². The van der Waals surface area contributed by atoms with Crippen molar-refractivity contribution < 1.29 is 18.4 Å². The zero-order valence-electron chi connectivity index (χ0n) is 10.1. The van der Waals surface area contributed by atoms with Crippen molar-refractivity contribution in [2.75, 3.05) is 0 Å². The van der Waals surface area contributed by atoms with Crippen LogP contribution in [0.4, 0.5) is 14.5 Å². The number of rotatable bonds is 3. The minimum absolute atomic E-state index is 0.148. The van der Waals surface area contributed by atoms with Crippen molar-refractivity contribution in [3.8, 4) is 17.6 Å². The molecule has 106 valence electrons. The Balaban J connectivity index is 2.39. The summed E-state index contributed by atoms with van der Waals surface area (Å²) in [6, 6.07) is 6.40. The molecule has 0 saturated heterocycles. The maximum absolute atomic E-state index is 13.7. The Hall–Kier alpha value is -2.72. The highest BCUT2D eigenvalue weighted by Crippen LogP contribution is 2.34. The first-order chi connectivity index (χ1) is 9.92. The maximum atomic E-state index is 13.7. The lowest BCUT2D eigenvalue weighted by molar-refractivity contribution is -0.384. The Morgan fingerprint density at radius 2 is 1.86 bits per heavy atom. The topological polar surface area (TPSA) is 76.2 Å². The van der Waals surface area contributed by atoms with Gasteiger partial charge in [0.2, 0.25) is 0 Å². The molecule has 0 amide bonds. The van der Waals surface area contributed by atoms with E-state index >= 15 is 0 Å². The molecular weight excluding hydrogens is 306 g/mol. The molecule has 0 atom stereocenters. The molecule has 2 aromatic carbocycles. The van der Waals surface area contributed by atoms with E-state index in [1.54, 1.807) is 6.07 Å². The van der Waals surface area contributed by atoms with Gasteiger partial charge in [-0.1, -0.05) is 11.6 Å². The number of halogens is 3. The molecule has 8 heteroatoms. The number of nitrogens with zero attached hydrogens (tertiary/aromatic N) is 2. The summed E-state index contributed by atoms with van der Waals surface area (Å²) in [7, 11) is 0. The lowest BCUT2D eigenvalue weighted by Gasteiger charge is -2.09. The molecule has 0 fully saturated rings. The Morgan fingerprint density at radius 3 is 2.33 bits per heavy atom. The number of nitro benzene ring substituents is 1. The van der Waals surface area contributed by atoms with Crippen LogP contribution in [0.2, 0.25) is 5.02 Å². The van der Waals surface area contributed by atoms with Crippen LogP contribution in [0.3, 0.4) is 0 Å². The minimum atomic E-state index is -1.08. The number of ether oxygens (including phenoxy) is 1. The number of hydrogen-bond acceptors (Lipinski definition) is 4. The van der Waals surface area contributed by atoms with Crippen molar-refractivity contribution in [3.63, 3.8) is 0 Å². The zero-order valence-corrected chi connectivity index (χ0v) is 10.9. The molecular formula is C13H5ClF2N2O3. The molecule has 0 aliphatic heterocycles. The molecule has 21 heavy (non-hydrogen) atoms. The summed E-state index contributed by atoms with van der Waals surface area (Å²) in [6.07, 6.45) is 0. The minimum Gasteiger partial charge on any atom is -0.450 e. The number of benzene rings is 2. The van der Waals surface area contributed by atoms with Gasteiger partial charge in [0, 0.05) is 12.1 Å². The van der Waals surface area contributed by atoms with Gasteiger partial charge in [0.05, 0.1) is 21.6 Å². The lowest BCUT2D eigenvalue weighted by atomic mass is 10.2. The van der Waals surface area contributed by atoms with E-state index in [1.807, 2.05) is 0 Å². The fourth-order valence-corrected chi connectivity index (χ4v) is 1.73. The van der Waals surface area contributed by atoms with Crippen LogP contribution in [0.5, 0.6) is 11.5 Å². The average molecular weight is 311 g/mol. The van der Waals surface area contributed by atoms with Gasteiger partial charge >= 0.3 is 0 Å². The third kappa shape index (κ3) is 3.07. The number of non-ortho nitro benzene ring substituents is 1. The van der Waals surface area contributed by atoms with Crippen LogP contribution in [0.25, 0.3) is 0 Å². The highest BCUT2D eigenvalue weighted by molar-refractivity contribution is 6.32. The van der Waals surface area contributed by atoms with E-state index in [0.29, 0.717) is 0 Å². The fourth-order valence-electron chi connectivity index (χ4n) is 1.52. The van der Waals surface area contributed by atoms with E-state index < -0.39 is 22.3 Å². The van der Waals surface area contributed by atoms with Crippen LogP contribution in [0, 0.1) is 33.1 Å². The third-order valence-corrected chi connectivity index (χ3v) is 2.76. The Labute approximate surface area is 122 Å². The van der Waals surface area contributed by atoms with Gasteiger partial charge in [-0.3, -0.25) is 10.1 Å². The standard InChI is InChI=1S/C13H5ClF2N2O3/c14-9-5-8(18(19)20)1-2-12(9)21-13-10(15)3-7(6-17)4-11(13)16/h1-5H. The monoisotopic (exact) mass is 310 g/mol. The first-order valence-electron chi connectivity index (χ1n) is 5.43. The van der Waals surface area contributed by atoms with Gasteiger partial charge in [0.15, 0.2) is 17.4 Å². The molecule has 0 radical (unpaired) electrons. The van der Waals surface area contributed by atoms with E-state index in [2.05, 4.69) is 0 Å². The van der Waals surface area contributed by atoms with E-state index in [1.165, 1.54) is 0 Å². The molecule has 2 rings (SSSR count). The van der Waals surface area contributed by atoms with Crippen molar-refractivity contribution in [2.45, 2.75) is 0 Å². The first kappa shape index (κ1) is 14.7. The van der Waals surface area contributed by atoms with Crippen LogP contribution in [-0.4, -0.2) is 4.92 Å². The molecule has 0 unspecified atom stereocenters. The highest BCUT2D eigenvalue weighted by Gasteiger charge is 2.17. The Kier molecular flexibility index (Phi) is 4.00. The van der Waals surface area contributed by atoms with Crippen molar-refractivity contribution in [1.29, 1.82) is 5.26 Å². The van der Waals surface area contributed by atoms with Gasteiger partial charge in [-0.2, -0.15) is 5.26 Å². The van der Waals surface area contributed by atoms with E-state index in [0.717, 1.165) is 30.3 Å². The largest absolute Gasteiger partial charge is 0.450 e. The molecule has 0 spiro atoms. The molecule has 0 N–H and O–H groups in total. The normalized spacial score (nSPS) is 10.0. The average Bonchev–Trinajstić information content (AvgIpc) is 2.43. The van der Waals surface area contributed by atoms with Gasteiger partial charge in [0.1, 0.15) is 5.75 Å². The van der Waals surface area contributed by atoms with Crippen LogP contribution in [-0.2, 0) is 0 Å². The number of nitro groups is 1. The molecule has 2 aromatic rings. The molecule has 0 bridgehead atoms. The lowest BCUT2D eigenvalue weighted by Crippen LogP contribution is -1.95. The summed E-state index contributed by atoms with van der Waals surface area (Å²) in [6.45, 7) is 0. The van der Waals surface area contributed by atoms with Crippen molar-refractivity contribution in [3.05, 3.63) is 62.7 Å². The van der Waals surface area contributed by atoms with Gasteiger partial charge in [-0.05, 0) is 18.2 Å². The summed E-state index contributed by atoms with van der Waals surface area (Å²) in [5.41, 5.74) is -0.486. The smallest absolute Gasteiger partial charge is 0.271 e. The summed E-state index contributed by atoms with van der Waals surface area (Å²) in [5, 5.41) is 19.0. The number of hydrogen-bond donors (Lipinski definition) is 0. The summed E-state index contributed by atoms with van der Waals surface area (Å²) in [5.74, 6) is -3.06. The predicted molar refractivity (Wildman–Crippen MR) is 69.3 cm³/mol. The SMILES string of the molecule is N#Cc1cc(F)c(Oc2ccc([N+](=O)[O-])cc2Cl)c(F)c1. The molecule has 0 aliphatic rings. The van der Waals surface area contributed by atoms with E-state index in [-0.39, 0.29) is 22.0 Å². The molecule has 0 heterocycles. The van der Waals surface area contributed by atoms with Crippen molar-refractivity contribution >= 4 is 17.3 Å². The molecule has 5 nitrogen and oxygen atoms in total. The summed E-state index contributed by atoms with van der Waals surface area (Å²) >= 11 is 5.76. The van der Waals surface area contributed by atoms with Crippen LogP contribution in [0.1, 0.15) is 5.56 Å². The van der Waals surface area contributed by atoms with Gasteiger partial charge < -0.3 is 4.74 Å². The molecule has 0 saturated carbocycles. The van der Waals surface area contributed by atoms with Crippen LogP contribution >= 0.6 is 11.6 Å². The van der Waals surface area contributed by atoms with Crippen LogP contribution < -0.4 is 4.74 Å². The first-order valence-corrected chi connectivity index (χ1v) is 5.81. The van der Waals surface area contributed by atoms with Gasteiger partial charge in [-0.25, -0.2) is 8.78 Å². The van der Waals surface area contributed by atoms with E-state index in [9.17, 15) is 18.9 Å². The molecule has 0 aliphatic carbocycles. The zero-order chi connectivity index (χ0) is 15.6. The summed E-state index contributed by atoms with van der Waals surface area (Å²) < 4.78 is 32.3. The van der Waals surface area contributed by atoms with Crippen molar-refractivity contribution in [2.24, 2.45) is 0 Å². The quantitative estimate of drug-likeness (QED) is 0.629. The van der Waals surface area contributed by atoms with Crippen LogP contribution in [0.15, 0.2) is 30.3 Å². The van der Waals surface area contributed by atoms with Crippen molar-refractivity contribution in [1.82, 2.24) is 0 Å². The second-order valence-corrected chi connectivity index (χ2v) is 4.26. The molecule has 0 aromatic heterocycles. The number of nitriles is 1. The maximum Gasteiger partial charge on any atom is 0.271 e. The second kappa shape index (κ2) is 5.73. The highest BCUT2D eigenvalue weighted by atomic mass is 35.5. The van der Waals surface area contributed by atoms with E-state index in [4.69, 9.17) is 21.6 Å². The fraction of sp³-hybridized carbons (Fsp3) is 0. The second-order valence-electron chi connectivity index (χ2n) is 3.85. The third-order valence-electron chi connectivity index (χ3n) is 2.47. The van der Waals surface area contributed by atoms with Gasteiger partial charge in [0.25, 0.3) is 5.69 Å². The Bertz CT molecular complexity index is 751. The Morgan fingerprint density at radius 1 is 1.24 bits per heavy atom.